The smallest absolute Gasteiger partial charge is 0.326 e. The molecule has 4 N–H and O–H groups in total. The number of benzene rings is 2. The summed E-state index contributed by atoms with van der Waals surface area (Å²) < 4.78 is 0.925. The minimum Gasteiger partial charge on any atom is -0.494 e. The Morgan fingerprint density at radius 3 is 2.48 bits per heavy atom. The lowest BCUT2D eigenvalue weighted by molar-refractivity contribution is 0.102. The predicted octanol–water partition coefficient (Wildman–Crippen LogP) is 2.83. The average Bonchev–Trinajstić information content (AvgIpc) is 2.79. The van der Waals surface area contributed by atoms with E-state index in [9.17, 15) is 14.7 Å². The molecule has 3 rings (SSSR count). The Labute approximate surface area is 132 Å². The van der Waals surface area contributed by atoms with Crippen LogP contribution in [0.5, 0.6) is 5.88 Å². The molecule has 0 unspecified atom stereocenters. The summed E-state index contributed by atoms with van der Waals surface area (Å²) in [5, 5.41) is 13.5. The molecular formula is C17H15N3O3. The third-order valence-corrected chi connectivity index (χ3v) is 3.58. The van der Waals surface area contributed by atoms with Crippen LogP contribution >= 0.6 is 0 Å². The minimum absolute atomic E-state index is 0.0198. The van der Waals surface area contributed by atoms with Gasteiger partial charge < -0.3 is 16.2 Å². The van der Waals surface area contributed by atoms with E-state index in [1.165, 1.54) is 0 Å². The third kappa shape index (κ3) is 2.50. The maximum absolute atomic E-state index is 12.6. The van der Waals surface area contributed by atoms with Crippen LogP contribution in [0.3, 0.4) is 0 Å². The molecule has 6 heteroatoms. The molecule has 0 radical (unpaired) electrons. The zero-order chi connectivity index (χ0) is 16.6. The number of nitrogens with zero attached hydrogens (tertiary/aromatic N) is 1. The van der Waals surface area contributed by atoms with Gasteiger partial charge in [-0.05, 0) is 31.2 Å². The van der Waals surface area contributed by atoms with Crippen molar-refractivity contribution in [1.29, 1.82) is 0 Å². The van der Waals surface area contributed by atoms with Gasteiger partial charge in [-0.3, -0.25) is 4.79 Å². The molecule has 0 atom stereocenters. The van der Waals surface area contributed by atoms with Crippen molar-refractivity contribution in [3.05, 3.63) is 59.7 Å². The number of carbonyl (C=O) groups excluding carboxylic acids is 2. The molecule has 23 heavy (non-hydrogen) atoms. The van der Waals surface area contributed by atoms with E-state index in [0.717, 1.165) is 10.1 Å². The maximum atomic E-state index is 12.6. The van der Waals surface area contributed by atoms with Crippen molar-refractivity contribution in [2.24, 2.45) is 5.73 Å². The molecule has 1 heterocycles. The van der Waals surface area contributed by atoms with Crippen LogP contribution in [0.2, 0.25) is 0 Å². The average molecular weight is 309 g/mol. The largest absolute Gasteiger partial charge is 0.494 e. The van der Waals surface area contributed by atoms with Gasteiger partial charge in [0.1, 0.15) is 5.56 Å². The zero-order valence-electron chi connectivity index (χ0n) is 12.4. The van der Waals surface area contributed by atoms with Crippen LogP contribution in [-0.2, 0) is 0 Å². The molecule has 0 saturated carbocycles. The first-order valence-corrected chi connectivity index (χ1v) is 6.99. The van der Waals surface area contributed by atoms with Gasteiger partial charge in [0.2, 0.25) is 5.88 Å². The number of rotatable bonds is 2. The van der Waals surface area contributed by atoms with Crippen LogP contribution in [0.4, 0.5) is 10.5 Å². The highest BCUT2D eigenvalue weighted by Gasteiger charge is 2.24. The van der Waals surface area contributed by atoms with Crippen molar-refractivity contribution in [2.45, 2.75) is 6.92 Å². The van der Waals surface area contributed by atoms with Crippen LogP contribution < -0.4 is 11.1 Å². The molecule has 2 aromatic carbocycles. The van der Waals surface area contributed by atoms with Gasteiger partial charge in [-0.25, -0.2) is 9.36 Å². The Morgan fingerprint density at radius 2 is 1.83 bits per heavy atom. The number of anilines is 1. The van der Waals surface area contributed by atoms with Crippen LogP contribution in [0.25, 0.3) is 10.9 Å². The summed E-state index contributed by atoms with van der Waals surface area (Å²) in [6, 6.07) is 13.2. The SMILES string of the molecule is Cc1ccc2c(c1)c(C(=O)Nc1ccccc1)c(O)n2C(N)=O. The molecule has 0 fully saturated rings. The molecule has 0 aliphatic heterocycles. The van der Waals surface area contributed by atoms with Gasteiger partial charge in [-0.2, -0.15) is 0 Å². The standard InChI is InChI=1S/C17H15N3O3/c1-10-7-8-13-12(9-10)14(16(22)20(13)17(18)23)15(21)19-11-5-3-2-4-6-11/h2-9,22H,1H3,(H2,18,23)(H,19,21). The van der Waals surface area contributed by atoms with E-state index in [4.69, 9.17) is 5.73 Å². The van der Waals surface area contributed by atoms with E-state index >= 15 is 0 Å². The van der Waals surface area contributed by atoms with Gasteiger partial charge in [0.15, 0.2) is 0 Å². The Bertz CT molecular complexity index is 914. The quantitative estimate of drug-likeness (QED) is 0.679. The summed E-state index contributed by atoms with van der Waals surface area (Å²) in [4.78, 5) is 24.2. The molecule has 2 amide bonds. The predicted molar refractivity (Wildman–Crippen MR) is 87.7 cm³/mol. The number of primary amides is 1. The number of hydrogen-bond acceptors (Lipinski definition) is 3. The zero-order valence-corrected chi connectivity index (χ0v) is 12.4. The lowest BCUT2D eigenvalue weighted by atomic mass is 10.1. The lowest BCUT2D eigenvalue weighted by Gasteiger charge is -2.05. The Morgan fingerprint density at radius 1 is 1.13 bits per heavy atom. The summed E-state index contributed by atoms with van der Waals surface area (Å²) in [5.74, 6) is -0.976. The molecule has 3 aromatic rings. The second-order valence-electron chi connectivity index (χ2n) is 5.21. The number of nitrogens with two attached hydrogens (primary N) is 1. The van der Waals surface area contributed by atoms with Crippen molar-refractivity contribution in [1.82, 2.24) is 4.57 Å². The molecule has 6 nitrogen and oxygen atoms in total. The number of fused-ring (bicyclic) bond motifs is 1. The normalized spacial score (nSPS) is 10.7. The van der Waals surface area contributed by atoms with Crippen LogP contribution in [-0.4, -0.2) is 21.6 Å². The first-order chi connectivity index (χ1) is 11.0. The molecule has 0 aliphatic carbocycles. The van der Waals surface area contributed by atoms with Gasteiger partial charge in [0, 0.05) is 11.1 Å². The number of aromatic hydroxyl groups is 1. The summed E-state index contributed by atoms with van der Waals surface area (Å²) in [5.41, 5.74) is 7.21. The van der Waals surface area contributed by atoms with Crippen molar-refractivity contribution < 1.29 is 14.7 Å². The van der Waals surface area contributed by atoms with Gasteiger partial charge in [-0.15, -0.1) is 0 Å². The molecule has 116 valence electrons. The highest BCUT2D eigenvalue weighted by atomic mass is 16.3. The van der Waals surface area contributed by atoms with E-state index in [-0.39, 0.29) is 5.56 Å². The van der Waals surface area contributed by atoms with Gasteiger partial charge >= 0.3 is 6.03 Å². The van der Waals surface area contributed by atoms with E-state index in [2.05, 4.69) is 5.32 Å². The van der Waals surface area contributed by atoms with E-state index < -0.39 is 17.8 Å². The van der Waals surface area contributed by atoms with E-state index in [0.29, 0.717) is 16.6 Å². The maximum Gasteiger partial charge on any atom is 0.326 e. The number of carbonyl (C=O) groups is 2. The van der Waals surface area contributed by atoms with Gasteiger partial charge in [0.25, 0.3) is 5.91 Å². The first kappa shape index (κ1) is 14.6. The van der Waals surface area contributed by atoms with Crippen LogP contribution in [0, 0.1) is 6.92 Å². The number of hydrogen-bond donors (Lipinski definition) is 3. The summed E-state index contributed by atoms with van der Waals surface area (Å²) in [6.45, 7) is 1.86. The molecule has 0 aliphatic rings. The first-order valence-electron chi connectivity index (χ1n) is 6.99. The van der Waals surface area contributed by atoms with Crippen LogP contribution in [0.1, 0.15) is 15.9 Å². The summed E-state index contributed by atoms with van der Waals surface area (Å²) >= 11 is 0. The third-order valence-electron chi connectivity index (χ3n) is 3.58. The fraction of sp³-hybridized carbons (Fsp3) is 0.0588. The van der Waals surface area contributed by atoms with Crippen molar-refractivity contribution in [2.75, 3.05) is 5.32 Å². The Balaban J connectivity index is 2.16. The summed E-state index contributed by atoms with van der Waals surface area (Å²) in [6.07, 6.45) is 0. The fourth-order valence-electron chi connectivity index (χ4n) is 2.55. The van der Waals surface area contributed by atoms with Gasteiger partial charge in [-0.1, -0.05) is 29.8 Å². The van der Waals surface area contributed by atoms with Crippen molar-refractivity contribution in [3.63, 3.8) is 0 Å². The highest BCUT2D eigenvalue weighted by molar-refractivity contribution is 6.16. The second-order valence-corrected chi connectivity index (χ2v) is 5.21. The number of amides is 2. The van der Waals surface area contributed by atoms with Gasteiger partial charge in [0.05, 0.1) is 5.52 Å². The van der Waals surface area contributed by atoms with E-state index in [1.807, 2.05) is 13.0 Å². The Kier molecular flexibility index (Phi) is 3.50. The fourth-order valence-corrected chi connectivity index (χ4v) is 2.55. The highest BCUT2D eigenvalue weighted by Crippen LogP contribution is 2.32. The monoisotopic (exact) mass is 309 g/mol. The molecular weight excluding hydrogens is 294 g/mol. The molecule has 0 bridgehead atoms. The minimum atomic E-state index is -0.852. The molecule has 0 saturated heterocycles. The topological polar surface area (TPSA) is 97.3 Å². The van der Waals surface area contributed by atoms with Crippen LogP contribution in [0.15, 0.2) is 48.5 Å². The number of nitrogens with one attached hydrogen (secondary N) is 1. The van der Waals surface area contributed by atoms with Crippen molar-refractivity contribution >= 4 is 28.5 Å². The molecule has 0 spiro atoms. The second kappa shape index (κ2) is 5.49. The number of aryl methyl sites for hydroxylation is 1. The van der Waals surface area contributed by atoms with E-state index in [1.54, 1.807) is 42.5 Å². The number of aromatic nitrogens is 1. The molecule has 1 aromatic heterocycles. The van der Waals surface area contributed by atoms with Crippen molar-refractivity contribution in [3.8, 4) is 5.88 Å². The number of para-hydroxylation sites is 1. The lowest BCUT2D eigenvalue weighted by Crippen LogP contribution is -2.19. The summed E-state index contributed by atoms with van der Waals surface area (Å²) in [7, 11) is 0. The Hall–Kier alpha value is -3.28.